The Kier molecular flexibility index (Phi) is 9.38. The Morgan fingerprint density at radius 3 is 1.96 bits per heavy atom. The van der Waals surface area contributed by atoms with Gasteiger partial charge in [0.1, 0.15) is 5.75 Å². The quantitative estimate of drug-likeness (QED) is 0.461. The maximum absolute atomic E-state index is 12.1. The van der Waals surface area contributed by atoms with Crippen molar-refractivity contribution in [2.24, 2.45) is 0 Å². The van der Waals surface area contributed by atoms with Crippen molar-refractivity contribution in [2.45, 2.75) is 53.2 Å². The molecule has 0 aromatic heterocycles. The Balaban J connectivity index is 0.00000576. The smallest absolute Gasteiger partial charge is 0.351 e. The molecule has 0 saturated carbocycles. The van der Waals surface area contributed by atoms with Gasteiger partial charge < -0.3 is 14.6 Å². The molecule has 0 saturated heterocycles. The van der Waals surface area contributed by atoms with Gasteiger partial charge in [0.2, 0.25) is 6.23 Å². The Morgan fingerprint density at radius 2 is 1.56 bits per heavy atom. The minimum Gasteiger partial charge on any atom is -0.451 e. The molecule has 1 aromatic rings. The summed E-state index contributed by atoms with van der Waals surface area (Å²) in [6, 6.07) is 5.78. The first-order valence-corrected chi connectivity index (χ1v) is 7.99. The maximum Gasteiger partial charge on any atom is 0.351 e. The topological polar surface area (TPSA) is 76.1 Å². The molecule has 0 aliphatic carbocycles. The molecule has 1 rings (SSSR count). The molecule has 1 N–H and O–H groups in total. The average Bonchev–Trinajstić information content (AvgIpc) is 2.51. The fraction of sp³-hybridized carbons (Fsp3) is 0.579. The summed E-state index contributed by atoms with van der Waals surface area (Å²) in [5.74, 6) is -0.673. The molecule has 1 unspecified atom stereocenters. The van der Waals surface area contributed by atoms with Gasteiger partial charge in [-0.1, -0.05) is 53.3 Å². The van der Waals surface area contributed by atoms with Crippen LogP contribution in [0.15, 0.2) is 18.2 Å². The number of hydrogen-bond acceptors (Lipinski definition) is 6. The lowest BCUT2D eigenvalue weighted by Crippen LogP contribution is -2.37. The highest BCUT2D eigenvalue weighted by molar-refractivity contribution is 5.80. The summed E-state index contributed by atoms with van der Waals surface area (Å²) < 4.78 is 10.3. The number of aliphatic hydroxyl groups excluding tert-OH is 1. The van der Waals surface area contributed by atoms with Gasteiger partial charge in [0, 0.05) is 0 Å². The van der Waals surface area contributed by atoms with Crippen molar-refractivity contribution in [1.29, 1.82) is 0 Å². The first kappa shape index (κ1) is 23.1. The van der Waals surface area contributed by atoms with Gasteiger partial charge in [-0.3, -0.25) is 4.90 Å². The van der Waals surface area contributed by atoms with Crippen LogP contribution < -0.4 is 4.74 Å². The van der Waals surface area contributed by atoms with Crippen molar-refractivity contribution >= 4 is 11.9 Å². The minimum absolute atomic E-state index is 0. The number of nitrogens with zero attached hydrogens (tertiary/aromatic N) is 1. The highest BCUT2D eigenvalue weighted by atomic mass is 16.6. The number of ether oxygens (including phenoxy) is 2. The highest BCUT2D eigenvalue weighted by Gasteiger charge is 2.22. The van der Waals surface area contributed by atoms with Gasteiger partial charge in [-0.2, -0.15) is 0 Å². The van der Waals surface area contributed by atoms with Gasteiger partial charge in [-0.05, 0) is 37.1 Å². The molecular weight excluding hydrogens is 322 g/mol. The van der Waals surface area contributed by atoms with E-state index in [1.54, 1.807) is 0 Å². The molecule has 0 amide bonds. The van der Waals surface area contributed by atoms with Gasteiger partial charge in [-0.15, -0.1) is 0 Å². The number of benzene rings is 1. The lowest BCUT2D eigenvalue weighted by molar-refractivity contribution is -0.167. The molecule has 0 aliphatic rings. The number of carbonyl (C=O) groups is 2. The highest BCUT2D eigenvalue weighted by Crippen LogP contribution is 2.34. The molecule has 0 spiro atoms. The van der Waals surface area contributed by atoms with E-state index in [-0.39, 0.29) is 19.3 Å². The van der Waals surface area contributed by atoms with Crippen LogP contribution in [0.4, 0.5) is 0 Å². The van der Waals surface area contributed by atoms with Crippen LogP contribution in [-0.2, 0) is 14.3 Å². The third-order valence-electron chi connectivity index (χ3n) is 3.57. The Bertz CT molecular complexity index is 555. The van der Waals surface area contributed by atoms with Crippen LogP contribution in [0.3, 0.4) is 0 Å². The maximum atomic E-state index is 12.1. The summed E-state index contributed by atoms with van der Waals surface area (Å²) in [4.78, 5) is 24.9. The summed E-state index contributed by atoms with van der Waals surface area (Å²) in [5, 5.41) is 9.53. The zero-order valence-corrected chi connectivity index (χ0v) is 15.2. The Labute approximate surface area is 150 Å². The predicted octanol–water partition coefficient (Wildman–Crippen LogP) is 2.90. The van der Waals surface area contributed by atoms with Crippen LogP contribution in [0.1, 0.15) is 58.1 Å². The zero-order chi connectivity index (χ0) is 18.4. The second-order valence-electron chi connectivity index (χ2n) is 6.49. The summed E-state index contributed by atoms with van der Waals surface area (Å²) >= 11 is 0. The Hall–Kier alpha value is -1.92. The molecule has 142 valence electrons. The predicted molar refractivity (Wildman–Crippen MR) is 97.6 cm³/mol. The van der Waals surface area contributed by atoms with E-state index in [1.807, 2.05) is 45.9 Å². The molecule has 6 heteroatoms. The van der Waals surface area contributed by atoms with Crippen molar-refractivity contribution in [2.75, 3.05) is 20.7 Å². The number of aliphatic hydroxyl groups is 1. The van der Waals surface area contributed by atoms with Crippen molar-refractivity contribution in [3.63, 3.8) is 0 Å². The van der Waals surface area contributed by atoms with E-state index < -0.39 is 24.8 Å². The van der Waals surface area contributed by atoms with Crippen LogP contribution in [0.2, 0.25) is 0 Å². The lowest BCUT2D eigenvalue weighted by Gasteiger charge is -2.19. The lowest BCUT2D eigenvalue weighted by atomic mass is 9.94. The molecule has 0 heterocycles. The van der Waals surface area contributed by atoms with Gasteiger partial charge in [0.05, 0.1) is 0 Å². The van der Waals surface area contributed by atoms with Crippen LogP contribution in [-0.4, -0.2) is 48.9 Å². The monoisotopic (exact) mass is 353 g/mol. The largest absolute Gasteiger partial charge is 0.451 e. The second kappa shape index (κ2) is 10.2. The fourth-order valence-electron chi connectivity index (χ4n) is 2.16. The third-order valence-corrected chi connectivity index (χ3v) is 3.57. The standard InChI is InChI=1S/C18H27NO5.CH4/c1-11(2)13-8-7-9-14(12(3)4)16(13)24-15(20)10-23-18(22)17(21)19(5)6;/h7-9,11-12,17,21H,10H2,1-6H3;1H4. The molecule has 25 heavy (non-hydrogen) atoms. The SMILES string of the molecule is C.CC(C)c1cccc(C(C)C)c1OC(=O)COC(=O)C(O)N(C)C. The summed E-state index contributed by atoms with van der Waals surface area (Å²) in [7, 11) is 3.05. The van der Waals surface area contributed by atoms with Crippen molar-refractivity contribution in [3.05, 3.63) is 29.3 Å². The number of esters is 2. The van der Waals surface area contributed by atoms with E-state index >= 15 is 0 Å². The molecule has 0 aliphatic heterocycles. The number of hydrogen-bond donors (Lipinski definition) is 1. The molecule has 1 atom stereocenters. The van der Waals surface area contributed by atoms with E-state index in [0.29, 0.717) is 5.75 Å². The number of likely N-dealkylation sites (N-methyl/N-ethyl adjacent to an activating group) is 1. The number of rotatable bonds is 7. The van der Waals surface area contributed by atoms with Crippen LogP contribution in [0.5, 0.6) is 5.75 Å². The molecule has 6 nitrogen and oxygen atoms in total. The van der Waals surface area contributed by atoms with Gasteiger partial charge in [0.15, 0.2) is 6.61 Å². The summed E-state index contributed by atoms with van der Waals surface area (Å²) in [6.45, 7) is 7.52. The van der Waals surface area contributed by atoms with Crippen LogP contribution >= 0.6 is 0 Å². The van der Waals surface area contributed by atoms with Gasteiger partial charge in [-0.25, -0.2) is 9.59 Å². The van der Waals surface area contributed by atoms with Crippen molar-refractivity contribution < 1.29 is 24.2 Å². The van der Waals surface area contributed by atoms with Gasteiger partial charge >= 0.3 is 11.9 Å². The molecule has 1 aromatic carbocycles. The van der Waals surface area contributed by atoms with Crippen molar-refractivity contribution in [3.8, 4) is 5.75 Å². The van der Waals surface area contributed by atoms with Crippen LogP contribution in [0, 0.1) is 0 Å². The van der Waals surface area contributed by atoms with Crippen molar-refractivity contribution in [1.82, 2.24) is 4.90 Å². The zero-order valence-electron chi connectivity index (χ0n) is 15.2. The number of para-hydroxylation sites is 1. The molecule has 0 radical (unpaired) electrons. The van der Waals surface area contributed by atoms with E-state index in [9.17, 15) is 14.7 Å². The molecule has 0 bridgehead atoms. The second-order valence-corrected chi connectivity index (χ2v) is 6.49. The summed E-state index contributed by atoms with van der Waals surface area (Å²) in [5.41, 5.74) is 1.85. The van der Waals surface area contributed by atoms with E-state index in [2.05, 4.69) is 0 Å². The van der Waals surface area contributed by atoms with Gasteiger partial charge in [0.25, 0.3) is 0 Å². The first-order valence-electron chi connectivity index (χ1n) is 7.99. The fourth-order valence-corrected chi connectivity index (χ4v) is 2.16. The minimum atomic E-state index is -1.41. The van der Waals surface area contributed by atoms with E-state index in [4.69, 9.17) is 9.47 Å². The average molecular weight is 353 g/mol. The molecular formula is C19H31NO5. The summed E-state index contributed by atoms with van der Waals surface area (Å²) in [6.07, 6.45) is -1.41. The van der Waals surface area contributed by atoms with E-state index in [0.717, 1.165) is 11.1 Å². The molecule has 0 fully saturated rings. The van der Waals surface area contributed by atoms with E-state index in [1.165, 1.54) is 19.0 Å². The first-order chi connectivity index (χ1) is 11.1. The Morgan fingerprint density at radius 1 is 1.08 bits per heavy atom. The number of carbonyl (C=O) groups excluding carboxylic acids is 2. The normalized spacial score (nSPS) is 12.1. The third kappa shape index (κ3) is 6.48. The van der Waals surface area contributed by atoms with Crippen LogP contribution in [0.25, 0.3) is 0 Å².